The molecular weight excluding hydrogens is 204 g/mol. The Morgan fingerprint density at radius 1 is 1.38 bits per heavy atom. The summed E-state index contributed by atoms with van der Waals surface area (Å²) in [6.07, 6.45) is 5.82. The maximum Gasteiger partial charge on any atom is 0.313 e. The molecule has 0 N–H and O–H groups in total. The largest absolute Gasteiger partial charge is 0.461 e. The highest BCUT2D eigenvalue weighted by atomic mass is 16.6. The zero-order valence-electron chi connectivity index (χ0n) is 9.66. The molecule has 3 nitrogen and oxygen atoms in total. The fraction of sp³-hybridized carbons (Fsp3) is 0.692. The summed E-state index contributed by atoms with van der Waals surface area (Å²) in [6, 6.07) is 0. The first-order valence-corrected chi connectivity index (χ1v) is 5.90. The standard InChI is InChI=1S/C13H16O3/c1-12-7-3-4-8-11(15)16-10(13(8,12)2)6-5-9(12)14/h3-4,8,10H,5-7H2,1-2H3/t8?,10?,12?,13-/m1/s1. The van der Waals surface area contributed by atoms with E-state index in [4.69, 9.17) is 4.74 Å². The van der Waals surface area contributed by atoms with Crippen molar-refractivity contribution in [3.63, 3.8) is 0 Å². The van der Waals surface area contributed by atoms with E-state index in [0.29, 0.717) is 18.6 Å². The summed E-state index contributed by atoms with van der Waals surface area (Å²) in [5.74, 6) is -0.0798. The number of hydrogen-bond acceptors (Lipinski definition) is 3. The van der Waals surface area contributed by atoms with Crippen LogP contribution in [-0.4, -0.2) is 17.9 Å². The number of Topliss-reactive ketones (excluding diaryl/α,β-unsaturated/α-hetero) is 1. The monoisotopic (exact) mass is 220 g/mol. The molecule has 2 fully saturated rings. The van der Waals surface area contributed by atoms with Crippen LogP contribution in [0.4, 0.5) is 0 Å². The van der Waals surface area contributed by atoms with E-state index in [1.807, 2.05) is 26.0 Å². The van der Waals surface area contributed by atoms with Crippen LogP contribution in [0.1, 0.15) is 33.1 Å². The summed E-state index contributed by atoms with van der Waals surface area (Å²) >= 11 is 0. The summed E-state index contributed by atoms with van der Waals surface area (Å²) < 4.78 is 5.45. The van der Waals surface area contributed by atoms with Crippen molar-refractivity contribution in [2.75, 3.05) is 0 Å². The number of hydrogen-bond donors (Lipinski definition) is 0. The van der Waals surface area contributed by atoms with Gasteiger partial charge in [0.1, 0.15) is 11.9 Å². The Morgan fingerprint density at radius 3 is 2.88 bits per heavy atom. The van der Waals surface area contributed by atoms with Gasteiger partial charge in [0, 0.05) is 17.3 Å². The van der Waals surface area contributed by atoms with Gasteiger partial charge in [0.05, 0.1) is 5.92 Å². The van der Waals surface area contributed by atoms with Crippen molar-refractivity contribution in [2.45, 2.75) is 39.2 Å². The van der Waals surface area contributed by atoms with Gasteiger partial charge in [0.2, 0.25) is 0 Å². The molecule has 3 aliphatic rings. The van der Waals surface area contributed by atoms with Gasteiger partial charge in [-0.15, -0.1) is 0 Å². The third-order valence-electron chi connectivity index (χ3n) is 5.12. The predicted octanol–water partition coefficient (Wildman–Crippen LogP) is 1.86. The highest BCUT2D eigenvalue weighted by Gasteiger charge is 2.67. The van der Waals surface area contributed by atoms with E-state index in [2.05, 4.69) is 0 Å². The van der Waals surface area contributed by atoms with E-state index in [-0.39, 0.29) is 23.4 Å². The van der Waals surface area contributed by atoms with Crippen molar-refractivity contribution >= 4 is 11.8 Å². The normalized spacial score (nSPS) is 50.1. The molecule has 0 aromatic heterocycles. The number of esters is 1. The Hall–Kier alpha value is -1.12. The van der Waals surface area contributed by atoms with Gasteiger partial charge >= 0.3 is 5.97 Å². The summed E-state index contributed by atoms with van der Waals surface area (Å²) in [5, 5.41) is 0. The van der Waals surface area contributed by atoms with E-state index in [0.717, 1.165) is 6.42 Å². The van der Waals surface area contributed by atoms with Crippen molar-refractivity contribution in [3.05, 3.63) is 12.2 Å². The molecule has 2 aliphatic carbocycles. The second-order valence-electron chi connectivity index (χ2n) is 5.61. The number of ketones is 1. The van der Waals surface area contributed by atoms with Gasteiger partial charge in [0.15, 0.2) is 0 Å². The van der Waals surface area contributed by atoms with Gasteiger partial charge in [-0.1, -0.05) is 26.0 Å². The molecule has 0 aromatic carbocycles. The molecule has 0 radical (unpaired) electrons. The Balaban J connectivity index is 2.20. The summed E-state index contributed by atoms with van der Waals surface area (Å²) in [7, 11) is 0. The maximum atomic E-state index is 12.2. The molecule has 4 atom stereocenters. The first-order valence-electron chi connectivity index (χ1n) is 5.90. The topological polar surface area (TPSA) is 43.4 Å². The van der Waals surface area contributed by atoms with Crippen molar-refractivity contribution in [1.29, 1.82) is 0 Å². The SMILES string of the molecule is CC12CC=CC3C(=O)OC(CCC1=O)[C@@]32C. The fourth-order valence-corrected chi connectivity index (χ4v) is 3.73. The van der Waals surface area contributed by atoms with Crippen LogP contribution in [0.25, 0.3) is 0 Å². The second-order valence-corrected chi connectivity index (χ2v) is 5.61. The van der Waals surface area contributed by atoms with Crippen molar-refractivity contribution in [2.24, 2.45) is 16.7 Å². The molecule has 86 valence electrons. The summed E-state index contributed by atoms with van der Waals surface area (Å²) in [6.45, 7) is 4.05. The molecule has 3 heteroatoms. The molecular formula is C13H16O3. The minimum atomic E-state index is -0.415. The van der Waals surface area contributed by atoms with Gasteiger partial charge in [-0.2, -0.15) is 0 Å². The predicted molar refractivity (Wildman–Crippen MR) is 57.6 cm³/mol. The molecule has 0 spiro atoms. The van der Waals surface area contributed by atoms with Crippen molar-refractivity contribution in [3.8, 4) is 0 Å². The Labute approximate surface area is 94.8 Å². The number of rotatable bonds is 0. The molecule has 0 aromatic rings. The number of carbonyl (C=O) groups excluding carboxylic acids is 2. The van der Waals surface area contributed by atoms with Gasteiger partial charge < -0.3 is 4.74 Å². The average Bonchev–Trinajstić information content (AvgIpc) is 2.49. The molecule has 3 unspecified atom stereocenters. The molecule has 1 heterocycles. The van der Waals surface area contributed by atoms with Crippen molar-refractivity contribution < 1.29 is 14.3 Å². The van der Waals surface area contributed by atoms with Crippen LogP contribution in [0.2, 0.25) is 0 Å². The van der Waals surface area contributed by atoms with Crippen LogP contribution in [0.3, 0.4) is 0 Å². The lowest BCUT2D eigenvalue weighted by atomic mass is 9.49. The van der Waals surface area contributed by atoms with Gasteiger partial charge in [0.25, 0.3) is 0 Å². The van der Waals surface area contributed by atoms with Gasteiger partial charge in [-0.25, -0.2) is 0 Å². The number of carbonyl (C=O) groups is 2. The van der Waals surface area contributed by atoms with Crippen LogP contribution < -0.4 is 0 Å². The molecule has 16 heavy (non-hydrogen) atoms. The van der Waals surface area contributed by atoms with Crippen LogP contribution in [0.5, 0.6) is 0 Å². The molecule has 1 saturated carbocycles. The highest BCUT2D eigenvalue weighted by Crippen LogP contribution is 2.61. The van der Waals surface area contributed by atoms with Crippen LogP contribution in [0.15, 0.2) is 12.2 Å². The van der Waals surface area contributed by atoms with E-state index in [9.17, 15) is 9.59 Å². The quantitative estimate of drug-likeness (QED) is 0.462. The van der Waals surface area contributed by atoms with Crippen LogP contribution >= 0.6 is 0 Å². The first-order chi connectivity index (χ1) is 7.50. The molecule has 0 bridgehead atoms. The second kappa shape index (κ2) is 2.76. The molecule has 3 rings (SSSR count). The van der Waals surface area contributed by atoms with Gasteiger partial charge in [-0.05, 0) is 12.8 Å². The van der Waals surface area contributed by atoms with E-state index in [1.54, 1.807) is 0 Å². The van der Waals surface area contributed by atoms with Crippen LogP contribution in [0, 0.1) is 16.7 Å². The minimum absolute atomic E-state index is 0.0716. The molecule has 1 saturated heterocycles. The minimum Gasteiger partial charge on any atom is -0.461 e. The third kappa shape index (κ3) is 0.864. The molecule has 1 aliphatic heterocycles. The lowest BCUT2D eigenvalue weighted by molar-refractivity contribution is -0.152. The fourth-order valence-electron chi connectivity index (χ4n) is 3.73. The Bertz CT molecular complexity index is 411. The molecule has 0 amide bonds. The van der Waals surface area contributed by atoms with Crippen molar-refractivity contribution in [1.82, 2.24) is 0 Å². The van der Waals surface area contributed by atoms with Gasteiger partial charge in [-0.3, -0.25) is 9.59 Å². The smallest absolute Gasteiger partial charge is 0.313 e. The van der Waals surface area contributed by atoms with E-state index >= 15 is 0 Å². The maximum absolute atomic E-state index is 12.2. The summed E-state index contributed by atoms with van der Waals surface area (Å²) in [5.41, 5.74) is -0.740. The average molecular weight is 220 g/mol. The zero-order chi connectivity index (χ0) is 11.6. The number of ether oxygens (including phenoxy) is 1. The van der Waals surface area contributed by atoms with E-state index in [1.165, 1.54) is 0 Å². The first kappa shape index (κ1) is 10.1. The Kier molecular flexibility index (Phi) is 1.74. The van der Waals surface area contributed by atoms with E-state index < -0.39 is 5.41 Å². The zero-order valence-corrected chi connectivity index (χ0v) is 9.66. The Morgan fingerprint density at radius 2 is 2.12 bits per heavy atom. The lowest BCUT2D eigenvalue weighted by Gasteiger charge is -2.51. The summed E-state index contributed by atoms with van der Waals surface area (Å²) in [4.78, 5) is 24.0. The third-order valence-corrected chi connectivity index (χ3v) is 5.12. The lowest BCUT2D eigenvalue weighted by Crippen LogP contribution is -2.56. The van der Waals surface area contributed by atoms with Crippen LogP contribution in [-0.2, 0) is 14.3 Å². The highest BCUT2D eigenvalue weighted by molar-refractivity contribution is 5.90. The number of allylic oxidation sites excluding steroid dienone is 1.